The first-order valence-corrected chi connectivity index (χ1v) is 11.2. The number of hydrogen-bond acceptors (Lipinski definition) is 3. The van der Waals surface area contributed by atoms with Gasteiger partial charge in [0.25, 0.3) is 0 Å². The summed E-state index contributed by atoms with van der Waals surface area (Å²) in [5, 5.41) is 3.79. The second kappa shape index (κ2) is 10.3. The molecule has 0 spiro atoms. The van der Waals surface area contributed by atoms with Gasteiger partial charge in [-0.3, -0.25) is 4.79 Å². The fraction of sp³-hybridized carbons (Fsp3) is 0.864. The van der Waals surface area contributed by atoms with Gasteiger partial charge in [-0.2, -0.15) is 0 Å². The number of nitrogens with zero attached hydrogens (tertiary/aromatic N) is 1. The molecule has 0 radical (unpaired) electrons. The van der Waals surface area contributed by atoms with Crippen LogP contribution in [-0.4, -0.2) is 48.4 Å². The smallest absolute Gasteiger partial charge is 0.239 e. The number of nitrogens with two attached hydrogens (primary N) is 1. The van der Waals surface area contributed by atoms with E-state index >= 15 is 0 Å². The molecule has 1 unspecified atom stereocenters. The van der Waals surface area contributed by atoms with E-state index in [0.29, 0.717) is 17.8 Å². The van der Waals surface area contributed by atoms with Crippen LogP contribution >= 0.6 is 11.6 Å². The van der Waals surface area contributed by atoms with E-state index in [1.54, 1.807) is 5.57 Å². The normalized spacial score (nSPS) is 26.8. The topological polar surface area (TPSA) is 58.4 Å². The first-order chi connectivity index (χ1) is 12.8. The van der Waals surface area contributed by atoms with Crippen molar-refractivity contribution in [2.75, 3.05) is 26.2 Å². The van der Waals surface area contributed by atoms with E-state index in [0.717, 1.165) is 58.2 Å². The van der Waals surface area contributed by atoms with Gasteiger partial charge >= 0.3 is 0 Å². The lowest BCUT2D eigenvalue weighted by Crippen LogP contribution is -2.55. The van der Waals surface area contributed by atoms with Gasteiger partial charge in [0.1, 0.15) is 0 Å². The summed E-state index contributed by atoms with van der Waals surface area (Å²) >= 11 is 6.27. The summed E-state index contributed by atoms with van der Waals surface area (Å²) in [4.78, 5) is 15.3. The molecule has 0 aromatic carbocycles. The molecule has 0 bridgehead atoms. The van der Waals surface area contributed by atoms with E-state index in [9.17, 15) is 4.79 Å². The Morgan fingerprint density at radius 3 is 2.67 bits per heavy atom. The minimum atomic E-state index is -0.0963. The van der Waals surface area contributed by atoms with Crippen molar-refractivity contribution >= 4 is 17.5 Å². The molecule has 2 aliphatic rings. The molecule has 1 amide bonds. The first kappa shape index (κ1) is 22.7. The summed E-state index contributed by atoms with van der Waals surface area (Å²) in [7, 11) is 0. The number of amides is 1. The zero-order chi connectivity index (χ0) is 20.0. The Hall–Kier alpha value is -0.580. The Morgan fingerprint density at radius 1 is 1.37 bits per heavy atom. The minimum Gasteiger partial charge on any atom is -0.341 e. The van der Waals surface area contributed by atoms with Crippen molar-refractivity contribution in [3.05, 3.63) is 11.6 Å². The molecule has 1 saturated heterocycles. The molecule has 2 rings (SSSR count). The van der Waals surface area contributed by atoms with Gasteiger partial charge in [0.15, 0.2) is 0 Å². The third-order valence-corrected chi connectivity index (χ3v) is 6.69. The van der Waals surface area contributed by atoms with Crippen LogP contribution in [-0.2, 0) is 4.79 Å². The van der Waals surface area contributed by atoms with Crippen molar-refractivity contribution in [3.8, 4) is 0 Å². The molecule has 5 heteroatoms. The van der Waals surface area contributed by atoms with E-state index in [2.05, 4.69) is 44.0 Å². The second-order valence-electron chi connectivity index (χ2n) is 9.41. The predicted molar refractivity (Wildman–Crippen MR) is 115 cm³/mol. The maximum atomic E-state index is 13.2. The molecule has 4 nitrogen and oxygen atoms in total. The largest absolute Gasteiger partial charge is 0.341 e. The zero-order valence-electron chi connectivity index (χ0n) is 17.8. The van der Waals surface area contributed by atoms with Gasteiger partial charge in [-0.1, -0.05) is 39.3 Å². The van der Waals surface area contributed by atoms with Crippen LogP contribution in [0.3, 0.4) is 0 Å². The summed E-state index contributed by atoms with van der Waals surface area (Å²) < 4.78 is 0. The number of unbranched alkanes of at least 4 members (excludes halogenated alkanes) is 1. The quantitative estimate of drug-likeness (QED) is 0.370. The number of hydrogen-bond donors (Lipinski definition) is 2. The molecule has 3 atom stereocenters. The Bertz CT molecular complexity index is 518. The highest BCUT2D eigenvalue weighted by Crippen LogP contribution is 2.43. The van der Waals surface area contributed by atoms with Crippen molar-refractivity contribution in [1.82, 2.24) is 10.2 Å². The average molecular weight is 398 g/mol. The SMILES string of the molecule is CC(C)[C@@H](NCCCCN)C(=O)N1CC[C@H](C2=CCC(Cl)CC2)C(C)(C)C1. The number of nitrogens with one attached hydrogen (secondary N) is 1. The van der Waals surface area contributed by atoms with Gasteiger partial charge < -0.3 is 16.0 Å². The molecular formula is C22H40ClN3O. The molecule has 1 fully saturated rings. The molecule has 156 valence electrons. The van der Waals surface area contributed by atoms with E-state index in [1.807, 2.05) is 0 Å². The average Bonchev–Trinajstić information content (AvgIpc) is 2.61. The van der Waals surface area contributed by atoms with Crippen LogP contribution in [0.4, 0.5) is 0 Å². The number of halogens is 1. The Balaban J connectivity index is 1.98. The van der Waals surface area contributed by atoms with E-state index in [-0.39, 0.29) is 23.3 Å². The summed E-state index contributed by atoms with van der Waals surface area (Å²) in [6.07, 6.45) is 8.67. The molecule has 0 aromatic rings. The van der Waals surface area contributed by atoms with E-state index in [1.165, 1.54) is 0 Å². The monoisotopic (exact) mass is 397 g/mol. The highest BCUT2D eigenvalue weighted by molar-refractivity contribution is 6.20. The van der Waals surface area contributed by atoms with Crippen LogP contribution in [0.25, 0.3) is 0 Å². The number of allylic oxidation sites excluding steroid dienone is 2. The van der Waals surface area contributed by atoms with Gasteiger partial charge in [-0.25, -0.2) is 0 Å². The number of rotatable bonds is 8. The van der Waals surface area contributed by atoms with Crippen LogP contribution < -0.4 is 11.1 Å². The lowest BCUT2D eigenvalue weighted by molar-refractivity contribution is -0.138. The minimum absolute atomic E-state index is 0.0963. The van der Waals surface area contributed by atoms with Crippen LogP contribution in [0.1, 0.15) is 66.2 Å². The summed E-state index contributed by atoms with van der Waals surface area (Å²) in [6, 6.07) is -0.0963. The third kappa shape index (κ3) is 6.20. The zero-order valence-corrected chi connectivity index (χ0v) is 18.5. The molecular weight excluding hydrogens is 358 g/mol. The standard InChI is InChI=1S/C22H40ClN3O/c1-16(2)20(25-13-6-5-12-24)21(27)26-14-11-19(22(3,4)15-26)17-7-9-18(23)10-8-17/h7,16,18-20,25H,5-6,8-15,24H2,1-4H3/t18?,19-,20-/m1/s1. The Kier molecular flexibility index (Phi) is 8.64. The van der Waals surface area contributed by atoms with E-state index in [4.69, 9.17) is 17.3 Å². The highest BCUT2D eigenvalue weighted by atomic mass is 35.5. The number of carbonyl (C=O) groups is 1. The second-order valence-corrected chi connectivity index (χ2v) is 10.0. The molecule has 27 heavy (non-hydrogen) atoms. The van der Waals surface area contributed by atoms with E-state index < -0.39 is 0 Å². The van der Waals surface area contributed by atoms with Gasteiger partial charge in [-0.05, 0) is 68.9 Å². The lowest BCUT2D eigenvalue weighted by atomic mass is 9.68. The van der Waals surface area contributed by atoms with Crippen LogP contribution in [0.15, 0.2) is 11.6 Å². The van der Waals surface area contributed by atoms with Crippen LogP contribution in [0.2, 0.25) is 0 Å². The van der Waals surface area contributed by atoms with Crippen molar-refractivity contribution < 1.29 is 4.79 Å². The Morgan fingerprint density at radius 2 is 2.11 bits per heavy atom. The highest BCUT2D eigenvalue weighted by Gasteiger charge is 2.41. The van der Waals surface area contributed by atoms with Crippen molar-refractivity contribution in [1.29, 1.82) is 0 Å². The van der Waals surface area contributed by atoms with Gasteiger partial charge in [0.2, 0.25) is 5.91 Å². The summed E-state index contributed by atoms with van der Waals surface area (Å²) in [5.74, 6) is 1.13. The third-order valence-electron chi connectivity index (χ3n) is 6.30. The first-order valence-electron chi connectivity index (χ1n) is 10.8. The van der Waals surface area contributed by atoms with Crippen LogP contribution in [0, 0.1) is 17.3 Å². The van der Waals surface area contributed by atoms with Gasteiger partial charge in [0.05, 0.1) is 6.04 Å². The number of likely N-dealkylation sites (tertiary alicyclic amines) is 1. The lowest BCUT2D eigenvalue weighted by Gasteiger charge is -2.47. The molecule has 1 aliphatic heterocycles. The van der Waals surface area contributed by atoms with Crippen molar-refractivity contribution in [3.63, 3.8) is 0 Å². The fourth-order valence-corrected chi connectivity index (χ4v) is 4.90. The maximum absolute atomic E-state index is 13.2. The molecule has 0 saturated carbocycles. The van der Waals surface area contributed by atoms with Gasteiger partial charge in [0, 0.05) is 18.5 Å². The maximum Gasteiger partial charge on any atom is 0.239 e. The van der Waals surface area contributed by atoms with Gasteiger partial charge in [-0.15, -0.1) is 11.6 Å². The number of piperidine rings is 1. The molecule has 1 aliphatic carbocycles. The molecule has 0 aromatic heterocycles. The number of alkyl halides is 1. The van der Waals surface area contributed by atoms with Crippen molar-refractivity contribution in [2.45, 2.75) is 77.6 Å². The Labute approximate surface area is 171 Å². The number of carbonyl (C=O) groups excluding carboxylic acids is 1. The van der Waals surface area contributed by atoms with Crippen molar-refractivity contribution in [2.24, 2.45) is 23.0 Å². The fourth-order valence-electron chi connectivity index (χ4n) is 4.70. The summed E-state index contributed by atoms with van der Waals surface area (Å²) in [6.45, 7) is 12.2. The predicted octanol–water partition coefficient (Wildman–Crippen LogP) is 3.93. The molecule has 3 N–H and O–H groups in total. The summed E-state index contributed by atoms with van der Waals surface area (Å²) in [5.41, 5.74) is 7.26. The van der Waals surface area contributed by atoms with Crippen LogP contribution in [0.5, 0.6) is 0 Å². The molecule has 1 heterocycles.